The molecule has 4 N–H and O–H groups in total. The minimum absolute atomic E-state index is 0.0545. The molecule has 2 rings (SSSR count). The van der Waals surface area contributed by atoms with Crippen LogP contribution in [0, 0.1) is 13.8 Å². The molecular weight excluding hydrogens is 270 g/mol. The molecule has 1 aromatic carbocycles. The first kappa shape index (κ1) is 14.8. The first-order chi connectivity index (χ1) is 9.97. The molecule has 0 atom stereocenters. The zero-order valence-electron chi connectivity index (χ0n) is 12.1. The van der Waals surface area contributed by atoms with Crippen molar-refractivity contribution >= 4 is 23.6 Å². The molecular formula is C14H19N5O2. The zero-order valence-corrected chi connectivity index (χ0v) is 12.1. The molecule has 0 bridgehead atoms. The molecule has 7 nitrogen and oxygen atoms in total. The monoisotopic (exact) mass is 289 g/mol. The van der Waals surface area contributed by atoms with E-state index in [1.54, 1.807) is 0 Å². The van der Waals surface area contributed by atoms with E-state index in [-0.39, 0.29) is 37.5 Å². The number of carbonyl (C=O) groups is 2. The second kappa shape index (κ2) is 6.25. The van der Waals surface area contributed by atoms with Gasteiger partial charge in [0.05, 0.1) is 19.6 Å². The SMILES string of the molecule is Cc1ccc(NC(N)=NCCN2C(=O)CNC2=O)cc1C. The van der Waals surface area contributed by atoms with Crippen LogP contribution in [0.1, 0.15) is 11.1 Å². The summed E-state index contributed by atoms with van der Waals surface area (Å²) < 4.78 is 0. The van der Waals surface area contributed by atoms with Crippen molar-refractivity contribution in [3.05, 3.63) is 29.3 Å². The van der Waals surface area contributed by atoms with Gasteiger partial charge in [0.15, 0.2) is 5.96 Å². The highest BCUT2D eigenvalue weighted by molar-refractivity contribution is 6.02. The van der Waals surface area contributed by atoms with Crippen LogP contribution < -0.4 is 16.4 Å². The predicted octanol–water partition coefficient (Wildman–Crippen LogP) is 0.582. The molecule has 1 heterocycles. The van der Waals surface area contributed by atoms with Crippen molar-refractivity contribution in [2.45, 2.75) is 13.8 Å². The second-order valence-electron chi connectivity index (χ2n) is 4.90. The van der Waals surface area contributed by atoms with Crippen molar-refractivity contribution in [3.8, 4) is 0 Å². The highest BCUT2D eigenvalue weighted by Crippen LogP contribution is 2.13. The lowest BCUT2D eigenvalue weighted by atomic mass is 10.1. The van der Waals surface area contributed by atoms with Crippen molar-refractivity contribution in [2.24, 2.45) is 10.7 Å². The van der Waals surface area contributed by atoms with Gasteiger partial charge in [-0.2, -0.15) is 0 Å². The Labute approximate surface area is 123 Å². The van der Waals surface area contributed by atoms with Gasteiger partial charge in [0, 0.05) is 5.69 Å². The Bertz CT molecular complexity index is 581. The number of urea groups is 1. The fourth-order valence-corrected chi connectivity index (χ4v) is 1.96. The largest absolute Gasteiger partial charge is 0.370 e. The van der Waals surface area contributed by atoms with Crippen molar-refractivity contribution in [2.75, 3.05) is 25.0 Å². The molecule has 1 aromatic rings. The Kier molecular flexibility index (Phi) is 4.42. The lowest BCUT2D eigenvalue weighted by Gasteiger charge is -2.11. The fourth-order valence-electron chi connectivity index (χ4n) is 1.96. The van der Waals surface area contributed by atoms with Crippen LogP contribution in [-0.4, -0.2) is 42.4 Å². The standard InChI is InChI=1S/C14H19N5O2/c1-9-3-4-11(7-10(9)2)18-13(15)16-5-6-19-12(20)8-17-14(19)21/h3-4,7H,5-6,8H2,1-2H3,(H,17,21)(H3,15,16,18). The van der Waals surface area contributed by atoms with Gasteiger partial charge in [-0.1, -0.05) is 6.07 Å². The number of aliphatic imine (C=N–C) groups is 1. The lowest BCUT2D eigenvalue weighted by Crippen LogP contribution is -2.34. The van der Waals surface area contributed by atoms with Crippen LogP contribution in [0.25, 0.3) is 0 Å². The highest BCUT2D eigenvalue weighted by Gasteiger charge is 2.27. The molecule has 1 aliphatic rings. The number of nitrogens with zero attached hydrogens (tertiary/aromatic N) is 2. The normalized spacial score (nSPS) is 15.3. The molecule has 0 aromatic heterocycles. The maximum atomic E-state index is 11.4. The molecule has 3 amide bonds. The third kappa shape index (κ3) is 3.71. The van der Waals surface area contributed by atoms with E-state index >= 15 is 0 Å². The van der Waals surface area contributed by atoms with E-state index < -0.39 is 0 Å². The average Bonchev–Trinajstić information content (AvgIpc) is 2.74. The van der Waals surface area contributed by atoms with Crippen LogP contribution >= 0.6 is 0 Å². The number of nitrogens with one attached hydrogen (secondary N) is 2. The predicted molar refractivity (Wildman–Crippen MR) is 81.1 cm³/mol. The molecule has 0 aliphatic carbocycles. The van der Waals surface area contributed by atoms with E-state index in [2.05, 4.69) is 15.6 Å². The van der Waals surface area contributed by atoms with Crippen molar-refractivity contribution in [1.29, 1.82) is 0 Å². The van der Waals surface area contributed by atoms with E-state index in [0.29, 0.717) is 0 Å². The number of hydrogen-bond donors (Lipinski definition) is 3. The van der Waals surface area contributed by atoms with Crippen LogP contribution in [0.2, 0.25) is 0 Å². The number of nitrogens with two attached hydrogens (primary N) is 1. The molecule has 21 heavy (non-hydrogen) atoms. The van der Waals surface area contributed by atoms with E-state index in [4.69, 9.17) is 5.73 Å². The van der Waals surface area contributed by atoms with Gasteiger partial charge in [0.1, 0.15) is 0 Å². The number of anilines is 1. The van der Waals surface area contributed by atoms with E-state index in [9.17, 15) is 9.59 Å². The number of aryl methyl sites for hydroxylation is 2. The van der Waals surface area contributed by atoms with E-state index in [1.165, 1.54) is 5.56 Å². The number of imide groups is 1. The van der Waals surface area contributed by atoms with Gasteiger partial charge in [-0.25, -0.2) is 4.79 Å². The summed E-state index contributed by atoms with van der Waals surface area (Å²) in [6.45, 7) is 4.60. The Hall–Kier alpha value is -2.57. The number of rotatable bonds is 4. The summed E-state index contributed by atoms with van der Waals surface area (Å²) in [6.07, 6.45) is 0. The highest BCUT2D eigenvalue weighted by atomic mass is 16.2. The van der Waals surface area contributed by atoms with E-state index in [0.717, 1.165) is 16.2 Å². The summed E-state index contributed by atoms with van der Waals surface area (Å²) in [5.74, 6) is 0.0150. The Morgan fingerprint density at radius 3 is 2.76 bits per heavy atom. The van der Waals surface area contributed by atoms with Crippen molar-refractivity contribution in [3.63, 3.8) is 0 Å². The molecule has 0 unspecified atom stereocenters. The first-order valence-corrected chi connectivity index (χ1v) is 6.70. The van der Waals surface area contributed by atoms with Gasteiger partial charge in [-0.15, -0.1) is 0 Å². The summed E-state index contributed by atoms with van der Waals surface area (Å²) >= 11 is 0. The van der Waals surface area contributed by atoms with Crippen LogP contribution in [0.4, 0.5) is 10.5 Å². The second-order valence-corrected chi connectivity index (χ2v) is 4.90. The van der Waals surface area contributed by atoms with Gasteiger partial charge in [-0.05, 0) is 37.1 Å². The number of hydrogen-bond acceptors (Lipinski definition) is 3. The summed E-state index contributed by atoms with van der Waals surface area (Å²) in [5, 5.41) is 5.43. The first-order valence-electron chi connectivity index (χ1n) is 6.70. The third-order valence-electron chi connectivity index (χ3n) is 3.32. The van der Waals surface area contributed by atoms with Crippen molar-refractivity contribution in [1.82, 2.24) is 10.2 Å². The minimum Gasteiger partial charge on any atom is -0.370 e. The van der Waals surface area contributed by atoms with Gasteiger partial charge >= 0.3 is 6.03 Å². The molecule has 0 saturated carbocycles. The maximum absolute atomic E-state index is 11.4. The lowest BCUT2D eigenvalue weighted by molar-refractivity contribution is -0.124. The molecule has 0 radical (unpaired) electrons. The summed E-state index contributed by atoms with van der Waals surface area (Å²) in [6, 6.07) is 5.52. The van der Waals surface area contributed by atoms with Crippen LogP contribution in [0.3, 0.4) is 0 Å². The van der Waals surface area contributed by atoms with Crippen molar-refractivity contribution < 1.29 is 9.59 Å². The van der Waals surface area contributed by atoms with Gasteiger partial charge in [0.25, 0.3) is 0 Å². The van der Waals surface area contributed by atoms with Crippen LogP contribution in [0.15, 0.2) is 23.2 Å². The number of benzene rings is 1. The number of carbonyl (C=O) groups excluding carboxylic acids is 2. The Morgan fingerprint density at radius 2 is 2.14 bits per heavy atom. The quantitative estimate of drug-likeness (QED) is 0.429. The molecule has 112 valence electrons. The maximum Gasteiger partial charge on any atom is 0.324 e. The van der Waals surface area contributed by atoms with Gasteiger partial charge in [0.2, 0.25) is 5.91 Å². The topological polar surface area (TPSA) is 99.8 Å². The average molecular weight is 289 g/mol. The number of amides is 3. The van der Waals surface area contributed by atoms with Gasteiger partial charge in [-0.3, -0.25) is 14.7 Å². The fraction of sp³-hybridized carbons (Fsp3) is 0.357. The van der Waals surface area contributed by atoms with E-state index in [1.807, 2.05) is 32.0 Å². The minimum atomic E-state index is -0.379. The number of guanidine groups is 1. The molecule has 7 heteroatoms. The molecule has 0 spiro atoms. The smallest absolute Gasteiger partial charge is 0.324 e. The summed E-state index contributed by atoms with van der Waals surface area (Å²) in [4.78, 5) is 27.9. The molecule has 1 aliphatic heterocycles. The molecule has 1 fully saturated rings. The Balaban J connectivity index is 1.88. The summed E-state index contributed by atoms with van der Waals surface area (Å²) in [7, 11) is 0. The molecule has 1 saturated heterocycles. The van der Waals surface area contributed by atoms with Gasteiger partial charge < -0.3 is 16.4 Å². The van der Waals surface area contributed by atoms with Crippen LogP contribution in [0.5, 0.6) is 0 Å². The third-order valence-corrected chi connectivity index (χ3v) is 3.32. The summed E-state index contributed by atoms with van der Waals surface area (Å²) in [5.41, 5.74) is 9.00. The van der Waals surface area contributed by atoms with Crippen LogP contribution in [-0.2, 0) is 4.79 Å². The Morgan fingerprint density at radius 1 is 1.38 bits per heavy atom. The zero-order chi connectivity index (χ0) is 15.4.